The zero-order valence-electron chi connectivity index (χ0n) is 7.34. The summed E-state index contributed by atoms with van der Waals surface area (Å²) in [6.07, 6.45) is 5.20. The van der Waals surface area contributed by atoms with Crippen molar-refractivity contribution in [2.75, 3.05) is 13.2 Å². The molecule has 11 heavy (non-hydrogen) atoms. The van der Waals surface area contributed by atoms with Crippen molar-refractivity contribution in [1.29, 1.82) is 0 Å². The monoisotopic (exact) mass is 157 g/mol. The summed E-state index contributed by atoms with van der Waals surface area (Å²) in [6.45, 7) is 3.50. The maximum atomic E-state index is 8.87. The third-order valence-electron chi connectivity index (χ3n) is 2.63. The molecular weight excluding hydrogens is 138 g/mol. The minimum atomic E-state index is 0.281. The van der Waals surface area contributed by atoms with Crippen molar-refractivity contribution in [3.05, 3.63) is 0 Å². The molecule has 2 heteroatoms. The summed E-state index contributed by atoms with van der Waals surface area (Å²) in [5, 5.41) is 12.2. The standard InChI is InChI=1S/C9H19NO/c1-2-9(7-11)10-6-8-4-3-5-8/h8-11H,2-7H2,1H3/t9-/m1/s1. The lowest BCUT2D eigenvalue weighted by Crippen LogP contribution is -2.37. The Morgan fingerprint density at radius 2 is 2.27 bits per heavy atom. The van der Waals surface area contributed by atoms with E-state index < -0.39 is 0 Å². The predicted octanol–water partition coefficient (Wildman–Crippen LogP) is 1.15. The average molecular weight is 157 g/mol. The van der Waals surface area contributed by atoms with Crippen LogP contribution >= 0.6 is 0 Å². The van der Waals surface area contributed by atoms with Gasteiger partial charge < -0.3 is 10.4 Å². The van der Waals surface area contributed by atoms with E-state index in [-0.39, 0.29) is 6.61 Å². The highest BCUT2D eigenvalue weighted by molar-refractivity contribution is 4.74. The van der Waals surface area contributed by atoms with Gasteiger partial charge in [0, 0.05) is 6.04 Å². The molecule has 1 saturated carbocycles. The predicted molar refractivity (Wildman–Crippen MR) is 46.5 cm³/mol. The van der Waals surface area contributed by atoms with Crippen LogP contribution in [0, 0.1) is 5.92 Å². The number of rotatable bonds is 5. The molecule has 0 radical (unpaired) electrons. The molecule has 0 aromatic rings. The van der Waals surface area contributed by atoms with Gasteiger partial charge in [-0.3, -0.25) is 0 Å². The van der Waals surface area contributed by atoms with E-state index in [0.29, 0.717) is 6.04 Å². The van der Waals surface area contributed by atoms with E-state index in [1.165, 1.54) is 19.3 Å². The minimum absolute atomic E-state index is 0.281. The van der Waals surface area contributed by atoms with Crippen LogP contribution in [0.1, 0.15) is 32.6 Å². The first-order valence-electron chi connectivity index (χ1n) is 4.71. The fraction of sp³-hybridized carbons (Fsp3) is 1.00. The van der Waals surface area contributed by atoms with E-state index in [9.17, 15) is 0 Å². The van der Waals surface area contributed by atoms with E-state index in [2.05, 4.69) is 12.2 Å². The lowest BCUT2D eigenvalue weighted by molar-refractivity contribution is 0.218. The second kappa shape index (κ2) is 4.73. The topological polar surface area (TPSA) is 32.3 Å². The fourth-order valence-corrected chi connectivity index (χ4v) is 1.37. The third kappa shape index (κ3) is 2.80. The maximum Gasteiger partial charge on any atom is 0.0584 e. The van der Waals surface area contributed by atoms with Crippen LogP contribution in [0.5, 0.6) is 0 Å². The van der Waals surface area contributed by atoms with E-state index in [1.54, 1.807) is 0 Å². The van der Waals surface area contributed by atoms with Gasteiger partial charge >= 0.3 is 0 Å². The van der Waals surface area contributed by atoms with E-state index in [1.807, 2.05) is 0 Å². The van der Waals surface area contributed by atoms with Gasteiger partial charge in [0.15, 0.2) is 0 Å². The summed E-state index contributed by atoms with van der Waals surface area (Å²) < 4.78 is 0. The molecule has 0 unspecified atom stereocenters. The lowest BCUT2D eigenvalue weighted by Gasteiger charge is -2.27. The summed E-state index contributed by atoms with van der Waals surface area (Å²) in [5.74, 6) is 0.899. The first-order valence-corrected chi connectivity index (χ1v) is 4.71. The number of hydrogen-bond acceptors (Lipinski definition) is 2. The molecule has 2 nitrogen and oxygen atoms in total. The quantitative estimate of drug-likeness (QED) is 0.627. The molecule has 0 aliphatic heterocycles. The second-order valence-corrected chi connectivity index (χ2v) is 3.49. The molecule has 1 aliphatic rings. The first kappa shape index (κ1) is 9.01. The fourth-order valence-electron chi connectivity index (χ4n) is 1.37. The van der Waals surface area contributed by atoms with Crippen LogP contribution in [0.2, 0.25) is 0 Å². The molecule has 0 bridgehead atoms. The van der Waals surface area contributed by atoms with E-state index >= 15 is 0 Å². The second-order valence-electron chi connectivity index (χ2n) is 3.49. The van der Waals surface area contributed by atoms with Crippen LogP contribution in [0.15, 0.2) is 0 Å². The smallest absolute Gasteiger partial charge is 0.0584 e. The van der Waals surface area contributed by atoms with Crippen LogP contribution in [-0.2, 0) is 0 Å². The first-order chi connectivity index (χ1) is 5.36. The molecule has 66 valence electrons. The highest BCUT2D eigenvalue weighted by Crippen LogP contribution is 2.25. The SMILES string of the molecule is CC[C@H](CO)NCC1CCC1. The van der Waals surface area contributed by atoms with Crippen LogP contribution in [-0.4, -0.2) is 24.3 Å². The normalized spacial score (nSPS) is 21.3. The summed E-state index contributed by atoms with van der Waals surface area (Å²) in [5.41, 5.74) is 0. The number of aliphatic hydroxyl groups excluding tert-OH is 1. The molecule has 1 rings (SSSR count). The Morgan fingerprint density at radius 1 is 1.55 bits per heavy atom. The van der Waals surface area contributed by atoms with Crippen molar-refractivity contribution < 1.29 is 5.11 Å². The molecule has 0 aromatic heterocycles. The molecule has 0 amide bonds. The van der Waals surface area contributed by atoms with Gasteiger partial charge in [-0.2, -0.15) is 0 Å². The molecule has 1 aliphatic carbocycles. The van der Waals surface area contributed by atoms with Gasteiger partial charge in [-0.05, 0) is 31.7 Å². The lowest BCUT2D eigenvalue weighted by atomic mass is 9.85. The van der Waals surface area contributed by atoms with Crippen LogP contribution in [0.4, 0.5) is 0 Å². The number of hydrogen-bond donors (Lipinski definition) is 2. The van der Waals surface area contributed by atoms with E-state index in [4.69, 9.17) is 5.11 Å². The van der Waals surface area contributed by atoms with Crippen molar-refractivity contribution in [3.8, 4) is 0 Å². The van der Waals surface area contributed by atoms with Crippen molar-refractivity contribution in [3.63, 3.8) is 0 Å². The van der Waals surface area contributed by atoms with Crippen LogP contribution < -0.4 is 5.32 Å². The molecule has 0 heterocycles. The summed E-state index contributed by atoms with van der Waals surface area (Å²) in [6, 6.07) is 0.329. The van der Waals surface area contributed by atoms with Gasteiger partial charge in [-0.25, -0.2) is 0 Å². The molecule has 0 aromatic carbocycles. The van der Waals surface area contributed by atoms with Gasteiger partial charge in [0.2, 0.25) is 0 Å². The van der Waals surface area contributed by atoms with Gasteiger partial charge in [0.25, 0.3) is 0 Å². The van der Waals surface area contributed by atoms with Crippen molar-refractivity contribution in [2.24, 2.45) is 5.92 Å². The van der Waals surface area contributed by atoms with Gasteiger partial charge in [0.05, 0.1) is 6.61 Å². The molecule has 1 atom stereocenters. The van der Waals surface area contributed by atoms with E-state index in [0.717, 1.165) is 18.9 Å². The summed E-state index contributed by atoms with van der Waals surface area (Å²) >= 11 is 0. The molecule has 0 spiro atoms. The summed E-state index contributed by atoms with van der Waals surface area (Å²) in [7, 11) is 0. The van der Waals surface area contributed by atoms with Gasteiger partial charge in [-0.15, -0.1) is 0 Å². The zero-order valence-corrected chi connectivity index (χ0v) is 7.34. The van der Waals surface area contributed by atoms with Crippen LogP contribution in [0.3, 0.4) is 0 Å². The zero-order chi connectivity index (χ0) is 8.10. The molecule has 0 saturated heterocycles. The average Bonchev–Trinajstić information content (AvgIpc) is 1.95. The number of nitrogens with one attached hydrogen (secondary N) is 1. The molecule has 1 fully saturated rings. The summed E-state index contributed by atoms with van der Waals surface area (Å²) in [4.78, 5) is 0. The molecule has 2 N–H and O–H groups in total. The Bertz CT molecular complexity index is 97.7. The van der Waals surface area contributed by atoms with Gasteiger partial charge in [-0.1, -0.05) is 13.3 Å². The van der Waals surface area contributed by atoms with Crippen molar-refractivity contribution in [1.82, 2.24) is 5.32 Å². The number of aliphatic hydroxyl groups is 1. The molecular formula is C9H19NO. The third-order valence-corrected chi connectivity index (χ3v) is 2.63. The van der Waals surface area contributed by atoms with Crippen molar-refractivity contribution >= 4 is 0 Å². The minimum Gasteiger partial charge on any atom is -0.395 e. The highest BCUT2D eigenvalue weighted by atomic mass is 16.3. The highest BCUT2D eigenvalue weighted by Gasteiger charge is 2.17. The van der Waals surface area contributed by atoms with Gasteiger partial charge in [0.1, 0.15) is 0 Å². The Kier molecular flexibility index (Phi) is 3.87. The Balaban J connectivity index is 1.99. The Morgan fingerprint density at radius 3 is 2.64 bits per heavy atom. The van der Waals surface area contributed by atoms with Crippen molar-refractivity contribution in [2.45, 2.75) is 38.6 Å². The largest absolute Gasteiger partial charge is 0.395 e. The Labute approximate surface area is 69.0 Å². The Hall–Kier alpha value is -0.0800. The maximum absolute atomic E-state index is 8.87. The van der Waals surface area contributed by atoms with Crippen LogP contribution in [0.25, 0.3) is 0 Å².